The van der Waals surface area contributed by atoms with Gasteiger partial charge in [0, 0.05) is 11.8 Å². The monoisotopic (exact) mass is 367 g/mol. The summed E-state index contributed by atoms with van der Waals surface area (Å²) in [5, 5.41) is 6.68. The van der Waals surface area contributed by atoms with Crippen LogP contribution in [0.2, 0.25) is 0 Å². The lowest BCUT2D eigenvalue weighted by Crippen LogP contribution is -2.32. The number of piperidine rings is 1. The molecular weight excluding hydrogens is 338 g/mol. The van der Waals surface area contributed by atoms with Crippen molar-refractivity contribution in [2.24, 2.45) is 11.8 Å². The number of rotatable bonds is 5. The summed E-state index contributed by atoms with van der Waals surface area (Å²) in [5.74, 6) is 0.464. The molecule has 0 aromatic carbocycles. The van der Waals surface area contributed by atoms with E-state index in [1.807, 2.05) is 20.8 Å². The number of nitrogens with one attached hydrogen (secondary N) is 2. The van der Waals surface area contributed by atoms with Gasteiger partial charge < -0.3 is 15.4 Å². The van der Waals surface area contributed by atoms with Gasteiger partial charge in [-0.2, -0.15) is 0 Å². The third-order valence-corrected chi connectivity index (χ3v) is 5.60. The fraction of sp³-hybridized carbons (Fsp3) is 0.722. The number of hydrogen-bond donors (Lipinski definition) is 2. The van der Waals surface area contributed by atoms with Crippen molar-refractivity contribution in [3.63, 3.8) is 0 Å². The second-order valence-corrected chi connectivity index (χ2v) is 8.75. The van der Waals surface area contributed by atoms with E-state index in [9.17, 15) is 9.59 Å². The number of aromatic nitrogens is 1. The van der Waals surface area contributed by atoms with E-state index < -0.39 is 5.97 Å². The smallest absolute Gasteiger partial charge is 0.350 e. The highest BCUT2D eigenvalue weighted by atomic mass is 32.1. The lowest BCUT2D eigenvalue weighted by molar-refractivity contribution is -0.117. The SMILES string of the molecule is COC(=O)c1sc(NC(=O)CC(C)C2CCNCC2)nc1C(C)(C)C. The van der Waals surface area contributed by atoms with Crippen LogP contribution in [0.15, 0.2) is 0 Å². The quantitative estimate of drug-likeness (QED) is 0.781. The van der Waals surface area contributed by atoms with Gasteiger partial charge in [-0.3, -0.25) is 4.79 Å². The Hall–Kier alpha value is -1.47. The van der Waals surface area contributed by atoms with E-state index in [1.165, 1.54) is 18.4 Å². The summed E-state index contributed by atoms with van der Waals surface area (Å²) in [6.45, 7) is 10.1. The van der Waals surface area contributed by atoms with E-state index in [1.54, 1.807) is 0 Å². The summed E-state index contributed by atoms with van der Waals surface area (Å²) in [4.78, 5) is 29.3. The van der Waals surface area contributed by atoms with Crippen LogP contribution in [0.5, 0.6) is 0 Å². The molecule has 7 heteroatoms. The molecule has 1 aliphatic rings. The zero-order valence-electron chi connectivity index (χ0n) is 15.8. The normalized spacial score (nSPS) is 17.2. The van der Waals surface area contributed by atoms with Gasteiger partial charge in [-0.1, -0.05) is 39.0 Å². The maximum absolute atomic E-state index is 12.4. The molecule has 2 N–H and O–H groups in total. The van der Waals surface area contributed by atoms with Crippen LogP contribution in [-0.2, 0) is 14.9 Å². The molecule has 1 unspecified atom stereocenters. The number of esters is 1. The first kappa shape index (κ1) is 19.8. The van der Waals surface area contributed by atoms with Crippen LogP contribution in [0.4, 0.5) is 5.13 Å². The maximum atomic E-state index is 12.4. The van der Waals surface area contributed by atoms with Gasteiger partial charge in [-0.15, -0.1) is 0 Å². The van der Waals surface area contributed by atoms with E-state index in [0.29, 0.717) is 34.0 Å². The fourth-order valence-electron chi connectivity index (χ4n) is 3.16. The Morgan fingerprint density at radius 1 is 1.36 bits per heavy atom. The first-order chi connectivity index (χ1) is 11.7. The predicted octanol–water partition coefficient (Wildman–Crippen LogP) is 3.19. The number of hydrogen-bond acceptors (Lipinski definition) is 6. The Bertz CT molecular complexity index is 616. The summed E-state index contributed by atoms with van der Waals surface area (Å²) < 4.78 is 4.85. The number of thiazole rings is 1. The van der Waals surface area contributed by atoms with Gasteiger partial charge in [0.25, 0.3) is 0 Å². The molecule has 0 saturated carbocycles. The Balaban J connectivity index is 2.05. The van der Waals surface area contributed by atoms with Crippen LogP contribution in [0.25, 0.3) is 0 Å². The Kier molecular flexibility index (Phi) is 6.57. The van der Waals surface area contributed by atoms with E-state index in [2.05, 4.69) is 22.5 Å². The minimum Gasteiger partial charge on any atom is -0.465 e. The summed E-state index contributed by atoms with van der Waals surface area (Å²) in [5.41, 5.74) is 0.358. The second kappa shape index (κ2) is 8.27. The Morgan fingerprint density at radius 3 is 2.56 bits per heavy atom. The highest BCUT2D eigenvalue weighted by molar-refractivity contribution is 7.17. The molecule has 1 amide bonds. The third kappa shape index (κ3) is 5.25. The minimum atomic E-state index is -0.411. The van der Waals surface area contributed by atoms with Crippen molar-refractivity contribution in [3.8, 4) is 0 Å². The van der Waals surface area contributed by atoms with Gasteiger partial charge in [0.05, 0.1) is 12.8 Å². The van der Waals surface area contributed by atoms with Crippen molar-refractivity contribution in [2.45, 2.75) is 52.4 Å². The number of carbonyl (C=O) groups excluding carboxylic acids is 2. The molecule has 0 bridgehead atoms. The first-order valence-electron chi connectivity index (χ1n) is 8.82. The molecule has 1 aliphatic heterocycles. The van der Waals surface area contributed by atoms with Crippen molar-refractivity contribution in [1.82, 2.24) is 10.3 Å². The number of ether oxygens (including phenoxy) is 1. The van der Waals surface area contributed by atoms with Gasteiger partial charge in [-0.05, 0) is 37.8 Å². The first-order valence-corrected chi connectivity index (χ1v) is 9.64. The molecular formula is C18H29N3O3S. The highest BCUT2D eigenvalue weighted by Crippen LogP contribution is 2.33. The molecule has 140 valence electrons. The van der Waals surface area contributed by atoms with E-state index >= 15 is 0 Å². The van der Waals surface area contributed by atoms with Crippen LogP contribution in [0.3, 0.4) is 0 Å². The van der Waals surface area contributed by atoms with Crippen LogP contribution >= 0.6 is 11.3 Å². The molecule has 0 radical (unpaired) electrons. The topological polar surface area (TPSA) is 80.3 Å². The summed E-state index contributed by atoms with van der Waals surface area (Å²) in [6.07, 6.45) is 2.71. The van der Waals surface area contributed by atoms with Crippen molar-refractivity contribution in [2.75, 3.05) is 25.5 Å². The predicted molar refractivity (Wildman–Crippen MR) is 100 cm³/mol. The molecule has 1 aromatic rings. The van der Waals surface area contributed by atoms with E-state index in [4.69, 9.17) is 4.74 Å². The van der Waals surface area contributed by atoms with Crippen LogP contribution in [0, 0.1) is 11.8 Å². The van der Waals surface area contributed by atoms with Crippen molar-refractivity contribution >= 4 is 28.3 Å². The zero-order chi connectivity index (χ0) is 18.6. The minimum absolute atomic E-state index is 0.0448. The van der Waals surface area contributed by atoms with Crippen molar-refractivity contribution in [1.29, 1.82) is 0 Å². The summed E-state index contributed by atoms with van der Waals surface area (Å²) in [7, 11) is 1.35. The van der Waals surface area contributed by atoms with Gasteiger partial charge >= 0.3 is 5.97 Å². The molecule has 25 heavy (non-hydrogen) atoms. The molecule has 0 aliphatic carbocycles. The van der Waals surface area contributed by atoms with Crippen LogP contribution < -0.4 is 10.6 Å². The Morgan fingerprint density at radius 2 is 2.00 bits per heavy atom. The van der Waals surface area contributed by atoms with Gasteiger partial charge in [0.1, 0.15) is 4.88 Å². The summed E-state index contributed by atoms with van der Waals surface area (Å²) in [6, 6.07) is 0. The molecule has 0 spiro atoms. The van der Waals surface area contributed by atoms with Gasteiger partial charge in [0.15, 0.2) is 5.13 Å². The Labute approximate surface area is 153 Å². The lowest BCUT2D eigenvalue weighted by atomic mass is 9.84. The largest absolute Gasteiger partial charge is 0.465 e. The molecule has 1 saturated heterocycles. The number of anilines is 1. The van der Waals surface area contributed by atoms with Crippen LogP contribution in [0.1, 0.15) is 62.3 Å². The second-order valence-electron chi connectivity index (χ2n) is 7.76. The summed E-state index contributed by atoms with van der Waals surface area (Å²) >= 11 is 1.18. The number of amides is 1. The standard InChI is InChI=1S/C18H29N3O3S/c1-11(12-6-8-19-9-7-12)10-13(22)20-17-21-15(18(2,3)4)14(25-17)16(23)24-5/h11-12,19H,6-10H2,1-5H3,(H,20,21,22). The highest BCUT2D eigenvalue weighted by Gasteiger charge is 2.29. The van der Waals surface area contributed by atoms with Crippen molar-refractivity contribution < 1.29 is 14.3 Å². The number of carbonyl (C=O) groups is 2. The molecule has 1 fully saturated rings. The van der Waals surface area contributed by atoms with Crippen molar-refractivity contribution in [3.05, 3.63) is 10.6 Å². The van der Waals surface area contributed by atoms with E-state index in [-0.39, 0.29) is 11.3 Å². The lowest BCUT2D eigenvalue weighted by Gasteiger charge is -2.27. The molecule has 2 heterocycles. The number of nitrogens with zero attached hydrogens (tertiary/aromatic N) is 1. The van der Waals surface area contributed by atoms with Crippen LogP contribution in [-0.4, -0.2) is 37.1 Å². The van der Waals surface area contributed by atoms with E-state index in [0.717, 1.165) is 25.9 Å². The number of methoxy groups -OCH3 is 1. The molecule has 1 atom stereocenters. The maximum Gasteiger partial charge on any atom is 0.350 e. The third-order valence-electron chi connectivity index (χ3n) is 4.65. The van der Waals surface area contributed by atoms with Gasteiger partial charge in [0.2, 0.25) is 5.91 Å². The zero-order valence-corrected chi connectivity index (χ0v) is 16.6. The average molecular weight is 368 g/mol. The molecule has 6 nitrogen and oxygen atoms in total. The molecule has 2 rings (SSSR count). The average Bonchev–Trinajstić information content (AvgIpc) is 2.98. The fourth-order valence-corrected chi connectivity index (χ4v) is 4.27. The molecule has 1 aromatic heterocycles. The van der Waals surface area contributed by atoms with Gasteiger partial charge in [-0.25, -0.2) is 9.78 Å².